The summed E-state index contributed by atoms with van der Waals surface area (Å²) < 4.78 is 13.5. The van der Waals surface area contributed by atoms with Crippen molar-refractivity contribution in [2.24, 2.45) is 5.92 Å². The lowest BCUT2D eigenvalue weighted by molar-refractivity contribution is 0.0691. The molecule has 0 bridgehead atoms. The molecule has 1 aliphatic rings. The van der Waals surface area contributed by atoms with Crippen molar-refractivity contribution in [3.63, 3.8) is 0 Å². The molecule has 1 atom stereocenters. The van der Waals surface area contributed by atoms with Crippen LogP contribution in [0.1, 0.15) is 32.7 Å². The standard InChI is InChI=1S/C21H23FN2O3/c1-23(2)17-5-3-4-16(12-17)20(25)24-9-8-15(13-24)10-14-6-7-19(22)18(11-14)21(26)27/h3-7,11-12,15H,8-10,13H2,1-2H3,(H,26,27). The lowest BCUT2D eigenvalue weighted by atomic mass is 9.97. The highest BCUT2D eigenvalue weighted by atomic mass is 19.1. The maximum Gasteiger partial charge on any atom is 0.338 e. The highest BCUT2D eigenvalue weighted by Gasteiger charge is 2.27. The van der Waals surface area contributed by atoms with Gasteiger partial charge in [0.05, 0.1) is 5.56 Å². The molecule has 0 radical (unpaired) electrons. The van der Waals surface area contributed by atoms with Crippen LogP contribution in [-0.4, -0.2) is 49.1 Å². The van der Waals surface area contributed by atoms with Gasteiger partial charge in [-0.05, 0) is 54.7 Å². The summed E-state index contributed by atoms with van der Waals surface area (Å²) in [5.74, 6) is -1.75. The number of hydrogen-bond acceptors (Lipinski definition) is 3. The number of likely N-dealkylation sites (tertiary alicyclic amines) is 1. The maximum atomic E-state index is 13.5. The topological polar surface area (TPSA) is 60.9 Å². The molecule has 2 aromatic rings. The summed E-state index contributed by atoms with van der Waals surface area (Å²) in [6.45, 7) is 1.29. The molecular formula is C21H23FN2O3. The number of carbonyl (C=O) groups excluding carboxylic acids is 1. The minimum absolute atomic E-state index is 0.00605. The number of hydrogen-bond donors (Lipinski definition) is 1. The van der Waals surface area contributed by atoms with Gasteiger partial charge >= 0.3 is 5.97 Å². The molecule has 2 aromatic carbocycles. The van der Waals surface area contributed by atoms with E-state index in [-0.39, 0.29) is 17.4 Å². The van der Waals surface area contributed by atoms with E-state index in [0.717, 1.165) is 17.7 Å². The largest absolute Gasteiger partial charge is 0.478 e. The fourth-order valence-electron chi connectivity index (χ4n) is 3.48. The first kappa shape index (κ1) is 18.9. The lowest BCUT2D eigenvalue weighted by Crippen LogP contribution is -2.29. The first-order valence-corrected chi connectivity index (χ1v) is 8.93. The molecule has 1 N–H and O–H groups in total. The molecule has 1 unspecified atom stereocenters. The Balaban J connectivity index is 1.67. The van der Waals surface area contributed by atoms with Crippen LogP contribution in [0.3, 0.4) is 0 Å². The van der Waals surface area contributed by atoms with E-state index in [1.807, 2.05) is 48.2 Å². The molecule has 27 heavy (non-hydrogen) atoms. The smallest absolute Gasteiger partial charge is 0.338 e. The second-order valence-corrected chi connectivity index (χ2v) is 7.17. The van der Waals surface area contributed by atoms with E-state index in [0.29, 0.717) is 25.1 Å². The number of halogens is 1. The minimum Gasteiger partial charge on any atom is -0.478 e. The predicted octanol–water partition coefficient (Wildman–Crippen LogP) is 3.29. The quantitative estimate of drug-likeness (QED) is 0.877. The highest BCUT2D eigenvalue weighted by Crippen LogP contribution is 2.24. The number of anilines is 1. The van der Waals surface area contributed by atoms with Crippen LogP contribution in [0.2, 0.25) is 0 Å². The van der Waals surface area contributed by atoms with Crippen molar-refractivity contribution in [1.29, 1.82) is 0 Å². The molecule has 1 aliphatic heterocycles. The molecule has 0 aromatic heterocycles. The van der Waals surface area contributed by atoms with Gasteiger partial charge in [-0.3, -0.25) is 4.79 Å². The molecule has 0 spiro atoms. The summed E-state index contributed by atoms with van der Waals surface area (Å²) in [6.07, 6.45) is 1.47. The molecule has 5 nitrogen and oxygen atoms in total. The molecule has 1 fully saturated rings. The van der Waals surface area contributed by atoms with Crippen molar-refractivity contribution in [3.8, 4) is 0 Å². The van der Waals surface area contributed by atoms with Gasteiger partial charge in [0, 0.05) is 38.4 Å². The summed E-state index contributed by atoms with van der Waals surface area (Å²) >= 11 is 0. The molecule has 1 heterocycles. The van der Waals surface area contributed by atoms with Crippen LogP contribution in [0.4, 0.5) is 10.1 Å². The highest BCUT2D eigenvalue weighted by molar-refractivity contribution is 5.95. The van der Waals surface area contributed by atoms with Crippen molar-refractivity contribution in [1.82, 2.24) is 4.90 Å². The van der Waals surface area contributed by atoms with Gasteiger partial charge in [-0.15, -0.1) is 0 Å². The van der Waals surface area contributed by atoms with Crippen molar-refractivity contribution in [2.75, 3.05) is 32.1 Å². The van der Waals surface area contributed by atoms with Crippen molar-refractivity contribution >= 4 is 17.6 Å². The zero-order chi connectivity index (χ0) is 19.6. The second kappa shape index (κ2) is 7.78. The lowest BCUT2D eigenvalue weighted by Gasteiger charge is -2.19. The van der Waals surface area contributed by atoms with E-state index < -0.39 is 11.8 Å². The number of rotatable bonds is 5. The van der Waals surface area contributed by atoms with Gasteiger partial charge in [-0.1, -0.05) is 12.1 Å². The number of benzene rings is 2. The van der Waals surface area contributed by atoms with Gasteiger partial charge in [0.1, 0.15) is 5.82 Å². The second-order valence-electron chi connectivity index (χ2n) is 7.17. The average molecular weight is 370 g/mol. The fraction of sp³-hybridized carbons (Fsp3) is 0.333. The van der Waals surface area contributed by atoms with E-state index in [2.05, 4.69) is 0 Å². The van der Waals surface area contributed by atoms with Gasteiger partial charge < -0.3 is 14.9 Å². The monoisotopic (exact) mass is 370 g/mol. The molecule has 1 amide bonds. The van der Waals surface area contributed by atoms with Crippen LogP contribution in [0.15, 0.2) is 42.5 Å². The number of carboxylic acids is 1. The summed E-state index contributed by atoms with van der Waals surface area (Å²) in [5.41, 5.74) is 2.11. The van der Waals surface area contributed by atoms with Gasteiger partial charge in [0.15, 0.2) is 0 Å². The summed E-state index contributed by atoms with van der Waals surface area (Å²) in [4.78, 5) is 27.7. The molecule has 142 valence electrons. The molecule has 0 aliphatic carbocycles. The van der Waals surface area contributed by atoms with Crippen molar-refractivity contribution < 1.29 is 19.1 Å². The van der Waals surface area contributed by atoms with E-state index in [1.54, 1.807) is 6.07 Å². The van der Waals surface area contributed by atoms with Gasteiger partial charge in [0.2, 0.25) is 0 Å². The normalized spacial score (nSPS) is 16.4. The van der Waals surface area contributed by atoms with Crippen LogP contribution < -0.4 is 4.90 Å². The fourth-order valence-corrected chi connectivity index (χ4v) is 3.48. The number of amides is 1. The Morgan fingerprint density at radius 2 is 2.00 bits per heavy atom. The van der Waals surface area contributed by atoms with Gasteiger partial charge in [-0.2, -0.15) is 0 Å². The number of carboxylic acid groups (broad SMARTS) is 1. The molecule has 6 heteroatoms. The zero-order valence-electron chi connectivity index (χ0n) is 15.5. The Morgan fingerprint density at radius 3 is 2.70 bits per heavy atom. The molecule has 1 saturated heterocycles. The third-order valence-corrected chi connectivity index (χ3v) is 4.97. The van der Waals surface area contributed by atoms with Crippen molar-refractivity contribution in [2.45, 2.75) is 12.8 Å². The first-order chi connectivity index (χ1) is 12.8. The maximum absolute atomic E-state index is 13.5. The van der Waals surface area contributed by atoms with Crippen LogP contribution in [0, 0.1) is 11.7 Å². The Hall–Kier alpha value is -2.89. The Morgan fingerprint density at radius 1 is 1.22 bits per heavy atom. The number of nitrogens with zero attached hydrogens (tertiary/aromatic N) is 2. The van der Waals surface area contributed by atoms with Crippen LogP contribution in [-0.2, 0) is 6.42 Å². The first-order valence-electron chi connectivity index (χ1n) is 8.93. The summed E-state index contributed by atoms with van der Waals surface area (Å²) in [7, 11) is 3.87. The molecule has 3 rings (SSSR count). The third-order valence-electron chi connectivity index (χ3n) is 4.97. The summed E-state index contributed by atoms with van der Waals surface area (Å²) in [5, 5.41) is 9.06. The van der Waals surface area contributed by atoms with Crippen molar-refractivity contribution in [3.05, 3.63) is 65.0 Å². The van der Waals surface area contributed by atoms with E-state index in [1.165, 1.54) is 12.1 Å². The Bertz CT molecular complexity index is 866. The Labute approximate surface area is 158 Å². The minimum atomic E-state index is -1.27. The van der Waals surface area contributed by atoms with Crippen LogP contribution in [0.25, 0.3) is 0 Å². The van der Waals surface area contributed by atoms with E-state index in [4.69, 9.17) is 5.11 Å². The van der Waals surface area contributed by atoms with Gasteiger partial charge in [-0.25, -0.2) is 9.18 Å². The zero-order valence-corrected chi connectivity index (χ0v) is 15.5. The number of aromatic carboxylic acids is 1. The van der Waals surface area contributed by atoms with Crippen LogP contribution >= 0.6 is 0 Å². The number of carbonyl (C=O) groups is 2. The van der Waals surface area contributed by atoms with Crippen LogP contribution in [0.5, 0.6) is 0 Å². The van der Waals surface area contributed by atoms with Gasteiger partial charge in [0.25, 0.3) is 5.91 Å². The van der Waals surface area contributed by atoms with E-state index >= 15 is 0 Å². The molecule has 0 saturated carbocycles. The predicted molar refractivity (Wildman–Crippen MR) is 102 cm³/mol. The van der Waals surface area contributed by atoms with E-state index in [9.17, 15) is 14.0 Å². The Kier molecular flexibility index (Phi) is 5.44. The third kappa shape index (κ3) is 4.27. The summed E-state index contributed by atoms with van der Waals surface area (Å²) in [6, 6.07) is 11.7. The average Bonchev–Trinajstić information content (AvgIpc) is 3.11. The molecular weight excluding hydrogens is 347 g/mol. The SMILES string of the molecule is CN(C)c1cccc(C(=O)N2CCC(Cc3ccc(F)c(C(=O)O)c3)C2)c1.